The molecule has 1 heterocycles. The van der Waals surface area contributed by atoms with Crippen molar-refractivity contribution in [3.63, 3.8) is 0 Å². The van der Waals surface area contributed by atoms with Crippen LogP contribution in [-0.4, -0.2) is 16.2 Å². The van der Waals surface area contributed by atoms with Gasteiger partial charge in [0.2, 0.25) is 0 Å². The number of thiazole rings is 1. The minimum absolute atomic E-state index is 0.0585. The summed E-state index contributed by atoms with van der Waals surface area (Å²) in [5.41, 5.74) is 1.22. The van der Waals surface area contributed by atoms with Gasteiger partial charge in [-0.3, -0.25) is 0 Å². The Hall–Kier alpha value is -0.410. The van der Waals surface area contributed by atoms with Crippen LogP contribution in [0.25, 0.3) is 0 Å². The van der Waals surface area contributed by atoms with Crippen LogP contribution in [-0.2, 0) is 6.42 Å². The summed E-state index contributed by atoms with van der Waals surface area (Å²) in [6, 6.07) is 0. The molecule has 0 spiro atoms. The largest absolute Gasteiger partial charge is 0.393 e. The lowest BCUT2D eigenvalue weighted by atomic mass is 9.88. The Balaban J connectivity index is 2.01. The van der Waals surface area contributed by atoms with Gasteiger partial charge in [-0.05, 0) is 32.1 Å². The average molecular weight is 211 g/mol. The SMILES string of the molecule is CCc1csc(C2CCC(O)CC2)n1. The molecule has 1 aromatic heterocycles. The summed E-state index contributed by atoms with van der Waals surface area (Å²) in [7, 11) is 0. The van der Waals surface area contributed by atoms with Crippen molar-refractivity contribution in [1.82, 2.24) is 4.98 Å². The van der Waals surface area contributed by atoms with Crippen molar-refractivity contribution < 1.29 is 5.11 Å². The quantitative estimate of drug-likeness (QED) is 0.816. The first-order valence-corrected chi connectivity index (χ1v) is 6.30. The van der Waals surface area contributed by atoms with Crippen LogP contribution in [0, 0.1) is 0 Å². The summed E-state index contributed by atoms with van der Waals surface area (Å²) < 4.78 is 0. The lowest BCUT2D eigenvalue weighted by molar-refractivity contribution is 0.122. The molecule has 0 bridgehead atoms. The normalized spacial score (nSPS) is 27.9. The Morgan fingerprint density at radius 2 is 2.14 bits per heavy atom. The zero-order valence-corrected chi connectivity index (χ0v) is 9.39. The van der Waals surface area contributed by atoms with Crippen LogP contribution < -0.4 is 0 Å². The summed E-state index contributed by atoms with van der Waals surface area (Å²) in [6.07, 6.45) is 5.09. The molecule has 14 heavy (non-hydrogen) atoms. The third-order valence-corrected chi connectivity index (χ3v) is 4.03. The smallest absolute Gasteiger partial charge is 0.0959 e. The van der Waals surface area contributed by atoms with Gasteiger partial charge >= 0.3 is 0 Å². The maximum absolute atomic E-state index is 9.41. The van der Waals surface area contributed by atoms with Crippen molar-refractivity contribution in [2.45, 2.75) is 51.0 Å². The second kappa shape index (κ2) is 4.41. The number of aliphatic hydroxyl groups excluding tert-OH is 1. The predicted molar refractivity (Wildman–Crippen MR) is 58.7 cm³/mol. The molecular weight excluding hydrogens is 194 g/mol. The van der Waals surface area contributed by atoms with Crippen LogP contribution in [0.1, 0.15) is 49.2 Å². The van der Waals surface area contributed by atoms with Crippen molar-refractivity contribution >= 4 is 11.3 Å². The van der Waals surface area contributed by atoms with Crippen LogP contribution in [0.3, 0.4) is 0 Å². The molecule has 1 saturated carbocycles. The number of aryl methyl sites for hydroxylation is 1. The summed E-state index contributed by atoms with van der Waals surface area (Å²) in [5.74, 6) is 0.615. The van der Waals surface area contributed by atoms with Crippen molar-refractivity contribution in [1.29, 1.82) is 0 Å². The van der Waals surface area contributed by atoms with Gasteiger partial charge in [0.1, 0.15) is 0 Å². The molecule has 0 aromatic carbocycles. The van der Waals surface area contributed by atoms with Gasteiger partial charge in [-0.2, -0.15) is 0 Å². The molecule has 2 nitrogen and oxygen atoms in total. The lowest BCUT2D eigenvalue weighted by Crippen LogP contribution is -2.16. The minimum atomic E-state index is -0.0585. The molecule has 0 amide bonds. The van der Waals surface area contributed by atoms with Gasteiger partial charge in [0.15, 0.2) is 0 Å². The van der Waals surface area contributed by atoms with Gasteiger partial charge in [-0.25, -0.2) is 4.98 Å². The molecule has 2 rings (SSSR count). The van der Waals surface area contributed by atoms with Crippen LogP contribution in [0.4, 0.5) is 0 Å². The number of aliphatic hydroxyl groups is 1. The second-order valence-electron chi connectivity index (χ2n) is 4.04. The van der Waals surface area contributed by atoms with E-state index in [1.165, 1.54) is 10.7 Å². The maximum atomic E-state index is 9.41. The molecule has 1 N–H and O–H groups in total. The zero-order chi connectivity index (χ0) is 9.97. The highest BCUT2D eigenvalue weighted by Gasteiger charge is 2.22. The first kappa shape index (κ1) is 10.1. The molecule has 1 aliphatic carbocycles. The Bertz CT molecular complexity index is 289. The van der Waals surface area contributed by atoms with Crippen LogP contribution in [0.2, 0.25) is 0 Å². The van der Waals surface area contributed by atoms with Crippen molar-refractivity contribution in [3.05, 3.63) is 16.1 Å². The van der Waals surface area contributed by atoms with E-state index in [-0.39, 0.29) is 6.10 Å². The Kier molecular flexibility index (Phi) is 3.19. The summed E-state index contributed by atoms with van der Waals surface area (Å²) in [4.78, 5) is 4.61. The Labute approximate surface area is 89.0 Å². The topological polar surface area (TPSA) is 33.1 Å². The molecule has 0 unspecified atom stereocenters. The number of hydrogen-bond donors (Lipinski definition) is 1. The predicted octanol–water partition coefficient (Wildman–Crippen LogP) is 2.72. The highest BCUT2D eigenvalue weighted by Crippen LogP contribution is 2.34. The van der Waals surface area contributed by atoms with Crippen molar-refractivity contribution in [3.8, 4) is 0 Å². The lowest BCUT2D eigenvalue weighted by Gasteiger charge is -2.23. The summed E-state index contributed by atoms with van der Waals surface area (Å²) in [6.45, 7) is 2.14. The molecule has 3 heteroatoms. The average Bonchev–Trinajstić information content (AvgIpc) is 2.67. The third kappa shape index (κ3) is 2.15. The van der Waals surface area contributed by atoms with E-state index >= 15 is 0 Å². The Morgan fingerprint density at radius 1 is 1.43 bits per heavy atom. The Morgan fingerprint density at radius 3 is 2.71 bits per heavy atom. The van der Waals surface area contributed by atoms with Gasteiger partial charge in [0, 0.05) is 11.3 Å². The van der Waals surface area contributed by atoms with Crippen molar-refractivity contribution in [2.24, 2.45) is 0 Å². The molecule has 0 radical (unpaired) electrons. The van der Waals surface area contributed by atoms with Gasteiger partial charge in [-0.1, -0.05) is 6.92 Å². The number of nitrogens with zero attached hydrogens (tertiary/aromatic N) is 1. The zero-order valence-electron chi connectivity index (χ0n) is 8.57. The number of hydrogen-bond acceptors (Lipinski definition) is 3. The van der Waals surface area contributed by atoms with Gasteiger partial charge in [-0.15, -0.1) is 11.3 Å². The first-order chi connectivity index (χ1) is 6.79. The third-order valence-electron chi connectivity index (χ3n) is 2.98. The first-order valence-electron chi connectivity index (χ1n) is 5.42. The molecule has 0 atom stereocenters. The summed E-state index contributed by atoms with van der Waals surface area (Å²) >= 11 is 1.79. The van der Waals surface area contributed by atoms with Crippen LogP contribution in [0.15, 0.2) is 5.38 Å². The molecule has 78 valence electrons. The number of aromatic nitrogens is 1. The second-order valence-corrected chi connectivity index (χ2v) is 4.93. The van der Waals surface area contributed by atoms with E-state index in [1.807, 2.05) is 0 Å². The fourth-order valence-corrected chi connectivity index (χ4v) is 3.07. The van der Waals surface area contributed by atoms with Gasteiger partial charge in [0.25, 0.3) is 0 Å². The highest BCUT2D eigenvalue weighted by atomic mass is 32.1. The van der Waals surface area contributed by atoms with E-state index in [0.717, 1.165) is 32.1 Å². The van der Waals surface area contributed by atoms with Crippen molar-refractivity contribution in [2.75, 3.05) is 0 Å². The monoisotopic (exact) mass is 211 g/mol. The van der Waals surface area contributed by atoms with E-state index in [2.05, 4.69) is 17.3 Å². The van der Waals surface area contributed by atoms with E-state index in [4.69, 9.17) is 0 Å². The highest BCUT2D eigenvalue weighted by molar-refractivity contribution is 7.09. The molecule has 1 aromatic rings. The molecule has 1 aliphatic rings. The molecule has 1 fully saturated rings. The van der Waals surface area contributed by atoms with E-state index in [0.29, 0.717) is 5.92 Å². The molecule has 0 saturated heterocycles. The molecule has 0 aliphatic heterocycles. The van der Waals surface area contributed by atoms with Gasteiger partial charge in [0.05, 0.1) is 16.8 Å². The minimum Gasteiger partial charge on any atom is -0.393 e. The van der Waals surface area contributed by atoms with Crippen LogP contribution in [0.5, 0.6) is 0 Å². The summed E-state index contributed by atoms with van der Waals surface area (Å²) in [5, 5.41) is 12.9. The molecular formula is C11H17NOS. The fourth-order valence-electron chi connectivity index (χ4n) is 2.00. The van der Waals surface area contributed by atoms with E-state index in [9.17, 15) is 5.11 Å². The van der Waals surface area contributed by atoms with E-state index in [1.54, 1.807) is 11.3 Å². The maximum Gasteiger partial charge on any atom is 0.0959 e. The van der Waals surface area contributed by atoms with Gasteiger partial charge < -0.3 is 5.11 Å². The van der Waals surface area contributed by atoms with Crippen LogP contribution >= 0.6 is 11.3 Å². The number of rotatable bonds is 2. The fraction of sp³-hybridized carbons (Fsp3) is 0.727. The van der Waals surface area contributed by atoms with E-state index < -0.39 is 0 Å². The standard InChI is InChI=1S/C11H17NOS/c1-2-9-7-14-11(12-9)8-3-5-10(13)6-4-8/h7-8,10,13H,2-6H2,1H3.